The van der Waals surface area contributed by atoms with Gasteiger partial charge in [-0.3, -0.25) is 4.57 Å². The van der Waals surface area contributed by atoms with E-state index in [-0.39, 0.29) is 0 Å². The van der Waals surface area contributed by atoms with E-state index >= 15 is 0 Å². The van der Waals surface area contributed by atoms with E-state index in [4.69, 9.17) is 4.98 Å². The first-order chi connectivity index (χ1) is 23.3. The number of hydrogen-bond donors (Lipinski definition) is 0. The molecule has 1 heterocycles. The number of hydrogen-bond acceptors (Lipinski definition) is 1. The highest BCUT2D eigenvalue weighted by Crippen LogP contribution is 2.44. The Hall–Kier alpha value is -6.25. The molecule has 2 nitrogen and oxygen atoms in total. The smallest absolute Gasteiger partial charge is 0.145 e. The van der Waals surface area contributed by atoms with E-state index in [0.29, 0.717) is 0 Å². The molecule has 0 radical (unpaired) electrons. The fraction of sp³-hybridized carbons (Fsp3) is 0. The van der Waals surface area contributed by atoms with Gasteiger partial charge in [0.1, 0.15) is 5.82 Å². The third-order valence-electron chi connectivity index (χ3n) is 9.76. The van der Waals surface area contributed by atoms with Gasteiger partial charge in [-0.05, 0) is 95.3 Å². The summed E-state index contributed by atoms with van der Waals surface area (Å²) in [4.78, 5) is 5.08. The molecule has 0 N–H and O–H groups in total. The Bertz CT molecular complexity index is 2810. The summed E-state index contributed by atoms with van der Waals surface area (Å²) in [7, 11) is 0. The molecule has 9 aromatic carbocycles. The first kappa shape index (κ1) is 26.0. The highest BCUT2D eigenvalue weighted by Gasteiger charge is 2.17. The van der Waals surface area contributed by atoms with Crippen LogP contribution in [0.25, 0.3) is 93.1 Å². The minimum Gasteiger partial charge on any atom is -0.292 e. The topological polar surface area (TPSA) is 17.8 Å². The SMILES string of the molecule is c1ccc(-n2c(-c3ccc(-c4ccc5c6ccccc6c6c7ccccc7c7ccccc7c6c5c4)cc3)nc3ccccc32)cc1. The van der Waals surface area contributed by atoms with Crippen LogP contribution < -0.4 is 0 Å². The largest absolute Gasteiger partial charge is 0.292 e. The lowest BCUT2D eigenvalue weighted by atomic mass is 9.86. The van der Waals surface area contributed by atoms with Gasteiger partial charge in [0.05, 0.1) is 11.0 Å². The van der Waals surface area contributed by atoms with Crippen LogP contribution in [0.3, 0.4) is 0 Å². The Morgan fingerprint density at radius 1 is 0.340 bits per heavy atom. The van der Waals surface area contributed by atoms with Crippen molar-refractivity contribution in [3.8, 4) is 28.2 Å². The maximum atomic E-state index is 5.08. The molecule has 218 valence electrons. The summed E-state index contributed by atoms with van der Waals surface area (Å²) < 4.78 is 2.26. The number of benzene rings is 9. The lowest BCUT2D eigenvalue weighted by Crippen LogP contribution is -1.97. The van der Waals surface area contributed by atoms with E-state index in [0.717, 1.165) is 28.1 Å². The summed E-state index contributed by atoms with van der Waals surface area (Å²) >= 11 is 0. The highest BCUT2D eigenvalue weighted by atomic mass is 15.1. The van der Waals surface area contributed by atoms with Crippen LogP contribution in [0, 0.1) is 0 Å². The maximum Gasteiger partial charge on any atom is 0.145 e. The van der Waals surface area contributed by atoms with E-state index in [9.17, 15) is 0 Å². The van der Waals surface area contributed by atoms with Crippen LogP contribution >= 0.6 is 0 Å². The van der Waals surface area contributed by atoms with E-state index < -0.39 is 0 Å². The van der Waals surface area contributed by atoms with Gasteiger partial charge in [-0.1, -0.05) is 140 Å². The number of aromatic nitrogens is 2. The molecule has 0 aliphatic heterocycles. The van der Waals surface area contributed by atoms with Crippen molar-refractivity contribution >= 4 is 64.9 Å². The molecule has 0 fully saturated rings. The number of fused-ring (bicyclic) bond motifs is 12. The summed E-state index contributed by atoms with van der Waals surface area (Å²) in [5, 5.41) is 13.0. The maximum absolute atomic E-state index is 5.08. The van der Waals surface area contributed by atoms with E-state index in [1.54, 1.807) is 0 Å². The molecular weight excluding hydrogens is 569 g/mol. The lowest BCUT2D eigenvalue weighted by molar-refractivity contribution is 1.10. The van der Waals surface area contributed by atoms with Gasteiger partial charge in [0.2, 0.25) is 0 Å². The molecule has 10 rings (SSSR count). The zero-order chi connectivity index (χ0) is 30.9. The summed E-state index contributed by atoms with van der Waals surface area (Å²) in [6.07, 6.45) is 0. The van der Waals surface area contributed by atoms with Crippen LogP contribution in [0.15, 0.2) is 170 Å². The minimum atomic E-state index is 0.943. The van der Waals surface area contributed by atoms with Crippen molar-refractivity contribution in [2.45, 2.75) is 0 Å². The van der Waals surface area contributed by atoms with Gasteiger partial charge < -0.3 is 0 Å². The Morgan fingerprint density at radius 2 is 0.809 bits per heavy atom. The van der Waals surface area contributed by atoms with Crippen LogP contribution in [0.1, 0.15) is 0 Å². The van der Waals surface area contributed by atoms with Gasteiger partial charge in [-0.25, -0.2) is 4.98 Å². The summed E-state index contributed by atoms with van der Waals surface area (Å²) in [5.74, 6) is 0.943. The molecule has 2 heteroatoms. The molecule has 0 saturated heterocycles. The molecule has 0 aliphatic rings. The standard InChI is InChI=1S/C45H28N2/c1-2-12-32(13-3-1)47-42-21-11-10-20-41(42)46-45(47)30-24-22-29(23-25-30)31-26-27-36-35-16-6-8-18-38(35)43-37-17-7-4-14-33(37)34-15-5-9-19-39(34)44(43)40(36)28-31/h1-28H. The molecule has 1 aromatic heterocycles. The van der Waals surface area contributed by atoms with Gasteiger partial charge in [0, 0.05) is 11.3 Å². The van der Waals surface area contributed by atoms with Gasteiger partial charge in [-0.15, -0.1) is 0 Å². The van der Waals surface area contributed by atoms with E-state index in [1.165, 1.54) is 65.0 Å². The molecule has 10 aromatic rings. The molecular formula is C45H28N2. The Morgan fingerprint density at radius 3 is 1.45 bits per heavy atom. The van der Waals surface area contributed by atoms with Gasteiger partial charge in [-0.2, -0.15) is 0 Å². The molecule has 0 aliphatic carbocycles. The molecule has 0 bridgehead atoms. The summed E-state index contributed by atoms with van der Waals surface area (Å²) in [6, 6.07) is 61.4. The van der Waals surface area contributed by atoms with Crippen molar-refractivity contribution < 1.29 is 0 Å². The fourth-order valence-corrected chi connectivity index (χ4v) is 7.67. The van der Waals surface area contributed by atoms with Gasteiger partial charge in [0.25, 0.3) is 0 Å². The molecule has 47 heavy (non-hydrogen) atoms. The minimum absolute atomic E-state index is 0.943. The average molecular weight is 597 g/mol. The third kappa shape index (κ3) is 3.89. The quantitative estimate of drug-likeness (QED) is 0.186. The zero-order valence-electron chi connectivity index (χ0n) is 25.6. The second-order valence-electron chi connectivity index (χ2n) is 12.3. The van der Waals surface area contributed by atoms with E-state index in [1.807, 2.05) is 0 Å². The first-order valence-electron chi connectivity index (χ1n) is 16.1. The molecule has 0 amide bonds. The van der Waals surface area contributed by atoms with Crippen LogP contribution in [0.4, 0.5) is 0 Å². The second-order valence-corrected chi connectivity index (χ2v) is 12.3. The van der Waals surface area contributed by atoms with Crippen molar-refractivity contribution in [1.29, 1.82) is 0 Å². The zero-order valence-corrected chi connectivity index (χ0v) is 25.6. The average Bonchev–Trinajstić information content (AvgIpc) is 3.54. The van der Waals surface area contributed by atoms with Crippen LogP contribution in [-0.2, 0) is 0 Å². The lowest BCUT2D eigenvalue weighted by Gasteiger charge is -2.17. The summed E-state index contributed by atoms with van der Waals surface area (Å²) in [5.41, 5.74) is 6.67. The van der Waals surface area contributed by atoms with Crippen molar-refractivity contribution in [3.63, 3.8) is 0 Å². The Kier molecular flexibility index (Phi) is 5.61. The van der Waals surface area contributed by atoms with Crippen molar-refractivity contribution in [2.24, 2.45) is 0 Å². The molecule has 0 atom stereocenters. The highest BCUT2D eigenvalue weighted by molar-refractivity contribution is 6.39. The third-order valence-corrected chi connectivity index (χ3v) is 9.76. The predicted octanol–water partition coefficient (Wildman–Crippen LogP) is 12.1. The second kappa shape index (κ2) is 10.1. The van der Waals surface area contributed by atoms with Crippen LogP contribution in [-0.4, -0.2) is 9.55 Å². The monoisotopic (exact) mass is 596 g/mol. The normalized spacial score (nSPS) is 11.8. The number of imidazole rings is 1. The number of rotatable bonds is 3. The molecule has 0 unspecified atom stereocenters. The van der Waals surface area contributed by atoms with E-state index in [2.05, 4.69) is 174 Å². The Labute approximate surface area is 271 Å². The van der Waals surface area contributed by atoms with Gasteiger partial charge in [0.15, 0.2) is 0 Å². The predicted molar refractivity (Wildman–Crippen MR) is 199 cm³/mol. The molecule has 0 saturated carbocycles. The first-order valence-corrected chi connectivity index (χ1v) is 16.1. The van der Waals surface area contributed by atoms with Gasteiger partial charge >= 0.3 is 0 Å². The number of para-hydroxylation sites is 3. The van der Waals surface area contributed by atoms with Crippen LogP contribution in [0.2, 0.25) is 0 Å². The molecule has 0 spiro atoms. The fourth-order valence-electron chi connectivity index (χ4n) is 7.67. The van der Waals surface area contributed by atoms with Crippen molar-refractivity contribution in [3.05, 3.63) is 170 Å². The van der Waals surface area contributed by atoms with Crippen molar-refractivity contribution in [1.82, 2.24) is 9.55 Å². The van der Waals surface area contributed by atoms with Crippen LogP contribution in [0.5, 0.6) is 0 Å². The summed E-state index contributed by atoms with van der Waals surface area (Å²) in [6.45, 7) is 0. The Balaban J connectivity index is 1.20. The van der Waals surface area contributed by atoms with Crippen molar-refractivity contribution in [2.75, 3.05) is 0 Å². The number of nitrogens with zero attached hydrogens (tertiary/aromatic N) is 2.